The number of hydrogen-bond donors (Lipinski definition) is 1. The molecule has 4 heteroatoms. The van der Waals surface area contributed by atoms with E-state index in [0.717, 1.165) is 18.4 Å². The molecule has 0 heterocycles. The number of halogens is 1. The van der Waals surface area contributed by atoms with E-state index in [1.54, 1.807) is 18.2 Å². The third-order valence-corrected chi connectivity index (χ3v) is 2.49. The summed E-state index contributed by atoms with van der Waals surface area (Å²) in [6.07, 6.45) is 1.84. The first-order valence-electron chi connectivity index (χ1n) is 6.44. The fourth-order valence-corrected chi connectivity index (χ4v) is 1.50. The van der Waals surface area contributed by atoms with Crippen molar-refractivity contribution < 1.29 is 13.9 Å². The van der Waals surface area contributed by atoms with Gasteiger partial charge < -0.3 is 15.2 Å². The molecule has 18 heavy (non-hydrogen) atoms. The fourth-order valence-electron chi connectivity index (χ4n) is 1.50. The van der Waals surface area contributed by atoms with E-state index in [-0.39, 0.29) is 0 Å². The lowest BCUT2D eigenvalue weighted by atomic mass is 10.1. The van der Waals surface area contributed by atoms with Crippen molar-refractivity contribution in [2.45, 2.75) is 32.7 Å². The van der Waals surface area contributed by atoms with E-state index in [9.17, 15) is 4.39 Å². The number of ether oxygens (including phenoxy) is 2. The second kappa shape index (κ2) is 7.93. The quantitative estimate of drug-likeness (QED) is 0.775. The topological polar surface area (TPSA) is 44.5 Å². The predicted octanol–water partition coefficient (Wildman–Crippen LogP) is 3.23. The Bertz CT molecular complexity index is 358. The van der Waals surface area contributed by atoms with Crippen molar-refractivity contribution in [2.75, 3.05) is 19.9 Å². The summed E-state index contributed by atoms with van der Waals surface area (Å²) in [5.41, 5.74) is 6.40. The lowest BCUT2D eigenvalue weighted by molar-refractivity contribution is 0.268. The van der Waals surface area contributed by atoms with Gasteiger partial charge in [0.15, 0.2) is 11.5 Å². The summed E-state index contributed by atoms with van der Waals surface area (Å²) in [6, 6.07) is 4.75. The first-order valence-corrected chi connectivity index (χ1v) is 6.44. The molecule has 3 nitrogen and oxygen atoms in total. The summed E-state index contributed by atoms with van der Waals surface area (Å²) in [7, 11) is 0. The molecule has 1 unspecified atom stereocenters. The molecule has 0 bridgehead atoms. The van der Waals surface area contributed by atoms with Crippen LogP contribution in [0.3, 0.4) is 0 Å². The minimum absolute atomic E-state index is 0.581. The Kier molecular flexibility index (Phi) is 6.50. The van der Waals surface area contributed by atoms with Gasteiger partial charge in [0.1, 0.15) is 6.67 Å². The maximum absolute atomic E-state index is 12.6. The van der Waals surface area contributed by atoms with Gasteiger partial charge in [-0.15, -0.1) is 0 Å². The van der Waals surface area contributed by atoms with Crippen LogP contribution in [0.2, 0.25) is 0 Å². The highest BCUT2D eigenvalue weighted by Gasteiger charge is 2.11. The molecule has 0 radical (unpaired) electrons. The minimum atomic E-state index is -0.603. The summed E-state index contributed by atoms with van der Waals surface area (Å²) in [4.78, 5) is 0. The summed E-state index contributed by atoms with van der Waals surface area (Å²) < 4.78 is 23.8. The van der Waals surface area contributed by atoms with E-state index in [2.05, 4.69) is 0 Å². The molecule has 0 amide bonds. The third-order valence-electron chi connectivity index (χ3n) is 2.49. The Morgan fingerprint density at radius 2 is 1.72 bits per heavy atom. The lowest BCUT2D eigenvalue weighted by Gasteiger charge is -2.15. The molecule has 0 aliphatic heterocycles. The number of hydrogen-bond acceptors (Lipinski definition) is 3. The molecular weight excluding hydrogens is 233 g/mol. The molecule has 0 saturated carbocycles. The highest BCUT2D eigenvalue weighted by Crippen LogP contribution is 2.30. The van der Waals surface area contributed by atoms with Crippen LogP contribution in [0.4, 0.5) is 4.39 Å². The molecule has 2 N–H and O–H groups in total. The van der Waals surface area contributed by atoms with E-state index in [4.69, 9.17) is 15.2 Å². The largest absolute Gasteiger partial charge is 0.490 e. The normalized spacial score (nSPS) is 12.2. The molecule has 0 spiro atoms. The Hall–Kier alpha value is -1.29. The Balaban J connectivity index is 2.88. The van der Waals surface area contributed by atoms with Crippen molar-refractivity contribution in [3.05, 3.63) is 23.8 Å². The molecular formula is C14H22FNO2. The van der Waals surface area contributed by atoms with Crippen LogP contribution < -0.4 is 15.2 Å². The third kappa shape index (κ3) is 4.18. The van der Waals surface area contributed by atoms with Crippen molar-refractivity contribution in [3.8, 4) is 11.5 Å². The maximum atomic E-state index is 12.6. The zero-order valence-corrected chi connectivity index (χ0v) is 11.1. The van der Waals surface area contributed by atoms with Gasteiger partial charge in [0.05, 0.1) is 19.3 Å². The second-order valence-electron chi connectivity index (χ2n) is 4.16. The predicted molar refractivity (Wildman–Crippen MR) is 70.9 cm³/mol. The average Bonchev–Trinajstić information content (AvgIpc) is 2.42. The number of rotatable bonds is 8. The van der Waals surface area contributed by atoms with Gasteiger partial charge in [0.2, 0.25) is 0 Å². The molecule has 0 fully saturated rings. The molecule has 0 aromatic heterocycles. The van der Waals surface area contributed by atoms with Crippen molar-refractivity contribution in [3.63, 3.8) is 0 Å². The summed E-state index contributed by atoms with van der Waals surface area (Å²) in [5, 5.41) is 0. The van der Waals surface area contributed by atoms with Crippen LogP contribution in [0.15, 0.2) is 18.2 Å². The molecule has 0 aliphatic rings. The monoisotopic (exact) mass is 255 g/mol. The standard InChI is InChI=1S/C14H22FNO2/c1-3-7-17-13-6-5-11(12(16)10-15)9-14(13)18-8-4-2/h5-6,9,12H,3-4,7-8,10,16H2,1-2H3. The smallest absolute Gasteiger partial charge is 0.161 e. The fraction of sp³-hybridized carbons (Fsp3) is 0.571. The molecule has 0 aliphatic carbocycles. The van der Waals surface area contributed by atoms with Crippen molar-refractivity contribution in [1.29, 1.82) is 0 Å². The van der Waals surface area contributed by atoms with Crippen LogP contribution in [-0.2, 0) is 0 Å². The van der Waals surface area contributed by atoms with Gasteiger partial charge in [-0.2, -0.15) is 0 Å². The summed E-state index contributed by atoms with van der Waals surface area (Å²) in [5.74, 6) is 1.34. The van der Waals surface area contributed by atoms with Gasteiger partial charge in [0.25, 0.3) is 0 Å². The lowest BCUT2D eigenvalue weighted by Crippen LogP contribution is -2.12. The molecule has 1 rings (SSSR count). The van der Waals surface area contributed by atoms with Gasteiger partial charge >= 0.3 is 0 Å². The molecule has 1 aromatic rings. The Morgan fingerprint density at radius 1 is 1.11 bits per heavy atom. The van der Waals surface area contributed by atoms with Crippen LogP contribution >= 0.6 is 0 Å². The molecule has 1 atom stereocenters. The van der Waals surface area contributed by atoms with E-state index < -0.39 is 12.7 Å². The van der Waals surface area contributed by atoms with E-state index >= 15 is 0 Å². The zero-order valence-electron chi connectivity index (χ0n) is 11.1. The highest BCUT2D eigenvalue weighted by molar-refractivity contribution is 5.44. The SMILES string of the molecule is CCCOc1ccc(C(N)CF)cc1OCCC. The van der Waals surface area contributed by atoms with Crippen LogP contribution in [0.1, 0.15) is 38.3 Å². The van der Waals surface area contributed by atoms with Gasteiger partial charge in [-0.1, -0.05) is 19.9 Å². The van der Waals surface area contributed by atoms with Crippen LogP contribution in [-0.4, -0.2) is 19.9 Å². The molecule has 102 valence electrons. The molecule has 1 aromatic carbocycles. The first kappa shape index (κ1) is 14.8. The van der Waals surface area contributed by atoms with Crippen LogP contribution in [0.5, 0.6) is 11.5 Å². The number of benzene rings is 1. The van der Waals surface area contributed by atoms with E-state index in [1.165, 1.54) is 0 Å². The zero-order chi connectivity index (χ0) is 13.4. The van der Waals surface area contributed by atoms with Crippen molar-refractivity contribution in [2.24, 2.45) is 5.73 Å². The van der Waals surface area contributed by atoms with E-state index in [1.807, 2.05) is 13.8 Å². The summed E-state index contributed by atoms with van der Waals surface area (Å²) in [6.45, 7) is 4.74. The van der Waals surface area contributed by atoms with E-state index in [0.29, 0.717) is 24.7 Å². The highest BCUT2D eigenvalue weighted by atomic mass is 19.1. The van der Waals surface area contributed by atoms with Gasteiger partial charge in [0, 0.05) is 0 Å². The average molecular weight is 255 g/mol. The van der Waals surface area contributed by atoms with Crippen molar-refractivity contribution in [1.82, 2.24) is 0 Å². The Labute approximate surface area is 108 Å². The molecule has 0 saturated heterocycles. The van der Waals surface area contributed by atoms with Gasteiger partial charge in [-0.25, -0.2) is 4.39 Å². The summed E-state index contributed by atoms with van der Waals surface area (Å²) >= 11 is 0. The second-order valence-corrected chi connectivity index (χ2v) is 4.16. The maximum Gasteiger partial charge on any atom is 0.161 e. The van der Waals surface area contributed by atoms with Crippen LogP contribution in [0, 0.1) is 0 Å². The minimum Gasteiger partial charge on any atom is -0.490 e. The van der Waals surface area contributed by atoms with Crippen molar-refractivity contribution >= 4 is 0 Å². The first-order chi connectivity index (χ1) is 8.72. The van der Waals surface area contributed by atoms with Crippen LogP contribution in [0.25, 0.3) is 0 Å². The Morgan fingerprint density at radius 3 is 2.28 bits per heavy atom. The van der Waals surface area contributed by atoms with Gasteiger partial charge in [-0.3, -0.25) is 0 Å². The number of alkyl halides is 1. The van der Waals surface area contributed by atoms with Gasteiger partial charge in [-0.05, 0) is 30.5 Å². The number of nitrogens with two attached hydrogens (primary N) is 1.